The molecule has 0 amide bonds. The van der Waals surface area contributed by atoms with Gasteiger partial charge in [-0.25, -0.2) is 0 Å². The van der Waals surface area contributed by atoms with Gasteiger partial charge in [0.05, 0.1) is 5.69 Å². The van der Waals surface area contributed by atoms with Gasteiger partial charge in [0, 0.05) is 11.0 Å². The Labute approximate surface area is 185 Å². The molecule has 2 aliphatic carbocycles. The molecule has 5 rings (SSSR count). The maximum atomic E-state index is 11.8. The Bertz CT molecular complexity index is 1230. The summed E-state index contributed by atoms with van der Waals surface area (Å²) in [6.07, 6.45) is 10.9. The van der Waals surface area contributed by atoms with E-state index < -0.39 is 10.7 Å². The van der Waals surface area contributed by atoms with E-state index in [4.69, 9.17) is 0 Å². The normalized spacial score (nSPS) is 16.5. The van der Waals surface area contributed by atoms with Gasteiger partial charge in [0.25, 0.3) is 0 Å². The Kier molecular flexibility index (Phi) is 4.97. The maximum Gasteiger partial charge on any atom is 0.319 e. The molecule has 0 saturated heterocycles. The minimum atomic E-state index is -1.03. The highest BCUT2D eigenvalue weighted by Gasteiger charge is 2.33. The molecule has 5 nitrogen and oxygen atoms in total. The first-order valence-corrected chi connectivity index (χ1v) is 11.5. The van der Waals surface area contributed by atoms with Gasteiger partial charge >= 0.3 is 5.97 Å². The van der Waals surface area contributed by atoms with Gasteiger partial charge in [0.1, 0.15) is 4.75 Å². The second-order valence-electron chi connectivity index (χ2n) is 8.69. The zero-order valence-corrected chi connectivity index (χ0v) is 18.5. The zero-order valence-electron chi connectivity index (χ0n) is 17.7. The quantitative estimate of drug-likeness (QED) is 0.486. The number of carboxylic acid groups (broad SMARTS) is 1. The molecular formula is C25H25N3O2S. The van der Waals surface area contributed by atoms with Crippen molar-refractivity contribution in [3.63, 3.8) is 0 Å². The van der Waals surface area contributed by atoms with Crippen LogP contribution in [0.4, 0.5) is 0 Å². The van der Waals surface area contributed by atoms with E-state index in [9.17, 15) is 9.90 Å². The molecule has 1 aromatic heterocycles. The summed E-state index contributed by atoms with van der Waals surface area (Å²) in [4.78, 5) is 11.8. The van der Waals surface area contributed by atoms with Crippen LogP contribution in [-0.2, 0) is 4.79 Å². The summed E-state index contributed by atoms with van der Waals surface area (Å²) in [6.45, 7) is 3.40. The molecule has 0 radical (unpaired) electrons. The van der Waals surface area contributed by atoms with Gasteiger partial charge in [-0.3, -0.25) is 9.36 Å². The van der Waals surface area contributed by atoms with Crippen molar-refractivity contribution in [2.75, 3.05) is 0 Å². The SMILES string of the molecule is CC(C)(Sc1nnc(C2=CCCC=C2)n1-c1ccc(C2CC2)c2ccccc12)C(=O)O. The molecule has 6 heteroatoms. The molecule has 2 aliphatic rings. The molecule has 0 bridgehead atoms. The van der Waals surface area contributed by atoms with Gasteiger partial charge in [0.15, 0.2) is 11.0 Å². The number of aliphatic carboxylic acids is 1. The molecule has 0 atom stereocenters. The number of nitrogens with zero attached hydrogens (tertiary/aromatic N) is 3. The summed E-state index contributed by atoms with van der Waals surface area (Å²) in [6, 6.07) is 12.8. The van der Waals surface area contributed by atoms with E-state index >= 15 is 0 Å². The van der Waals surface area contributed by atoms with E-state index in [0.717, 1.165) is 35.3 Å². The predicted molar refractivity (Wildman–Crippen MR) is 125 cm³/mol. The van der Waals surface area contributed by atoms with E-state index in [1.165, 1.54) is 35.6 Å². The second-order valence-corrected chi connectivity index (χ2v) is 10.3. The van der Waals surface area contributed by atoms with Crippen molar-refractivity contribution in [1.29, 1.82) is 0 Å². The number of hydrogen-bond acceptors (Lipinski definition) is 4. The number of hydrogen-bond donors (Lipinski definition) is 1. The van der Waals surface area contributed by atoms with Crippen LogP contribution in [0.1, 0.15) is 56.8 Å². The average Bonchev–Trinajstić information content (AvgIpc) is 3.54. The van der Waals surface area contributed by atoms with E-state index in [1.54, 1.807) is 13.8 Å². The molecule has 158 valence electrons. The van der Waals surface area contributed by atoms with Gasteiger partial charge in [-0.1, -0.05) is 60.3 Å². The predicted octanol–water partition coefficient (Wildman–Crippen LogP) is 5.99. The van der Waals surface area contributed by atoms with Crippen LogP contribution in [0.25, 0.3) is 22.0 Å². The Balaban J connectivity index is 1.73. The monoisotopic (exact) mass is 431 g/mol. The summed E-state index contributed by atoms with van der Waals surface area (Å²) < 4.78 is 1.01. The Morgan fingerprint density at radius 1 is 1.10 bits per heavy atom. The molecule has 31 heavy (non-hydrogen) atoms. The van der Waals surface area contributed by atoms with Crippen LogP contribution in [0.3, 0.4) is 0 Å². The van der Waals surface area contributed by atoms with E-state index in [1.807, 2.05) is 4.57 Å². The van der Waals surface area contributed by atoms with Crippen LogP contribution in [-0.4, -0.2) is 30.6 Å². The second kappa shape index (κ2) is 7.68. The van der Waals surface area contributed by atoms with Crippen molar-refractivity contribution in [3.05, 3.63) is 66.0 Å². The topological polar surface area (TPSA) is 68.0 Å². The van der Waals surface area contributed by atoms with Crippen LogP contribution in [0.15, 0.2) is 59.8 Å². The minimum absolute atomic E-state index is 0.589. The van der Waals surface area contributed by atoms with E-state index in [2.05, 4.69) is 64.8 Å². The first kappa shape index (κ1) is 20.1. The molecule has 0 unspecified atom stereocenters. The molecular weight excluding hydrogens is 406 g/mol. The number of rotatable bonds is 6. The largest absolute Gasteiger partial charge is 0.480 e. The standard InChI is InChI=1S/C25H25N3O2S/c1-25(2,23(29)30)31-24-27-26-22(17-8-4-3-5-9-17)28(24)21-15-14-18(16-12-13-16)19-10-6-7-11-20(19)21/h4,6-11,14-16H,3,5,12-13H2,1-2H3,(H,29,30). The number of benzene rings is 2. The molecule has 1 heterocycles. The fourth-order valence-electron chi connectivity index (χ4n) is 4.04. The number of allylic oxidation sites excluding steroid dienone is 4. The first-order valence-electron chi connectivity index (χ1n) is 10.7. The van der Waals surface area contributed by atoms with Crippen LogP contribution in [0, 0.1) is 0 Å². The summed E-state index contributed by atoms with van der Waals surface area (Å²) in [5.41, 5.74) is 3.41. The highest BCUT2D eigenvalue weighted by atomic mass is 32.2. The van der Waals surface area contributed by atoms with Crippen molar-refractivity contribution in [2.24, 2.45) is 0 Å². The van der Waals surface area contributed by atoms with Crippen LogP contribution in [0.5, 0.6) is 0 Å². The molecule has 1 N–H and O–H groups in total. The minimum Gasteiger partial charge on any atom is -0.480 e. The van der Waals surface area contributed by atoms with Crippen molar-refractivity contribution in [3.8, 4) is 5.69 Å². The van der Waals surface area contributed by atoms with Crippen molar-refractivity contribution >= 4 is 34.1 Å². The third-order valence-corrected chi connectivity index (χ3v) is 7.07. The smallest absolute Gasteiger partial charge is 0.319 e. The lowest BCUT2D eigenvalue weighted by molar-refractivity contribution is -0.138. The molecule has 1 saturated carbocycles. The van der Waals surface area contributed by atoms with Crippen molar-refractivity contribution in [1.82, 2.24) is 14.8 Å². The van der Waals surface area contributed by atoms with Gasteiger partial charge in [-0.15, -0.1) is 10.2 Å². The highest BCUT2D eigenvalue weighted by molar-refractivity contribution is 8.01. The van der Waals surface area contributed by atoms with E-state index in [-0.39, 0.29) is 0 Å². The third kappa shape index (κ3) is 3.69. The van der Waals surface area contributed by atoms with E-state index in [0.29, 0.717) is 11.1 Å². The van der Waals surface area contributed by atoms with Gasteiger partial charge in [-0.05, 0) is 62.5 Å². The summed E-state index contributed by atoms with van der Waals surface area (Å²) in [5, 5.41) is 21.6. The Hall–Kier alpha value is -2.86. The maximum absolute atomic E-state index is 11.8. The number of fused-ring (bicyclic) bond motifs is 1. The molecule has 2 aromatic carbocycles. The number of carbonyl (C=O) groups is 1. The average molecular weight is 432 g/mol. The molecule has 1 fully saturated rings. The lowest BCUT2D eigenvalue weighted by Crippen LogP contribution is -2.27. The number of aromatic nitrogens is 3. The number of thioether (sulfide) groups is 1. The molecule has 0 aliphatic heterocycles. The van der Waals surface area contributed by atoms with Gasteiger partial charge in [-0.2, -0.15) is 0 Å². The zero-order chi connectivity index (χ0) is 21.6. The highest BCUT2D eigenvalue weighted by Crippen LogP contribution is 2.45. The lowest BCUT2D eigenvalue weighted by atomic mass is 9.99. The fourth-order valence-corrected chi connectivity index (χ4v) is 4.94. The van der Waals surface area contributed by atoms with Crippen LogP contribution >= 0.6 is 11.8 Å². The summed E-state index contributed by atoms with van der Waals surface area (Å²) in [5.74, 6) is 0.520. The van der Waals surface area contributed by atoms with Crippen molar-refractivity contribution in [2.45, 2.75) is 55.4 Å². The van der Waals surface area contributed by atoms with Gasteiger partial charge in [0.2, 0.25) is 0 Å². The van der Waals surface area contributed by atoms with Crippen LogP contribution in [0.2, 0.25) is 0 Å². The molecule has 3 aromatic rings. The first-order chi connectivity index (χ1) is 15.0. The Morgan fingerprint density at radius 3 is 2.55 bits per heavy atom. The van der Waals surface area contributed by atoms with Gasteiger partial charge < -0.3 is 5.11 Å². The number of carboxylic acids is 1. The fraction of sp³-hybridized carbons (Fsp3) is 0.320. The third-order valence-electron chi connectivity index (χ3n) is 5.94. The molecule has 0 spiro atoms. The summed E-state index contributed by atoms with van der Waals surface area (Å²) >= 11 is 1.23. The summed E-state index contributed by atoms with van der Waals surface area (Å²) in [7, 11) is 0. The van der Waals surface area contributed by atoms with Crippen molar-refractivity contribution < 1.29 is 9.90 Å². The van der Waals surface area contributed by atoms with Crippen LogP contribution < -0.4 is 0 Å². The lowest BCUT2D eigenvalue weighted by Gasteiger charge is -2.20. The Morgan fingerprint density at radius 2 is 1.87 bits per heavy atom.